The molecular formula is C24H13BrCl2IN3O2. The van der Waals surface area contributed by atoms with E-state index >= 15 is 0 Å². The zero-order valence-corrected chi connectivity index (χ0v) is 22.0. The SMILES string of the molecule is N#C/C(=C/c1cc(Br)c(OCc2ccccc2C#N)c(I)c1)C(=O)Nc1cccc(Cl)c1Cl. The van der Waals surface area contributed by atoms with Crippen LogP contribution in [0, 0.1) is 26.2 Å². The number of rotatable bonds is 6. The summed E-state index contributed by atoms with van der Waals surface area (Å²) in [5.41, 5.74) is 2.15. The summed E-state index contributed by atoms with van der Waals surface area (Å²) >= 11 is 17.7. The van der Waals surface area contributed by atoms with E-state index < -0.39 is 5.91 Å². The Morgan fingerprint density at radius 1 is 1.15 bits per heavy atom. The normalized spacial score (nSPS) is 10.8. The molecule has 0 unspecified atom stereocenters. The molecule has 164 valence electrons. The number of hydrogen-bond acceptors (Lipinski definition) is 4. The molecule has 0 aliphatic heterocycles. The van der Waals surface area contributed by atoms with Crippen molar-refractivity contribution in [1.82, 2.24) is 0 Å². The zero-order chi connectivity index (χ0) is 24.0. The largest absolute Gasteiger partial charge is 0.487 e. The van der Waals surface area contributed by atoms with Crippen molar-refractivity contribution in [2.45, 2.75) is 6.61 Å². The van der Waals surface area contributed by atoms with Crippen LogP contribution < -0.4 is 10.1 Å². The Balaban J connectivity index is 1.81. The van der Waals surface area contributed by atoms with Crippen molar-refractivity contribution in [3.63, 3.8) is 0 Å². The van der Waals surface area contributed by atoms with Gasteiger partial charge in [0.2, 0.25) is 0 Å². The molecular weight excluding hydrogens is 640 g/mol. The van der Waals surface area contributed by atoms with Crippen molar-refractivity contribution < 1.29 is 9.53 Å². The third kappa shape index (κ3) is 6.27. The van der Waals surface area contributed by atoms with Gasteiger partial charge in [-0.25, -0.2) is 0 Å². The molecule has 3 aromatic carbocycles. The number of halogens is 4. The van der Waals surface area contributed by atoms with Crippen molar-refractivity contribution >= 4 is 79.4 Å². The van der Waals surface area contributed by atoms with Gasteiger partial charge in [0, 0.05) is 5.56 Å². The minimum absolute atomic E-state index is 0.106. The molecule has 3 rings (SSSR count). The molecule has 0 aliphatic rings. The maximum absolute atomic E-state index is 12.6. The lowest BCUT2D eigenvalue weighted by atomic mass is 10.1. The molecule has 0 saturated carbocycles. The second-order valence-corrected chi connectivity index (χ2v) is 9.40. The summed E-state index contributed by atoms with van der Waals surface area (Å²) in [6, 6.07) is 19.6. The van der Waals surface area contributed by atoms with E-state index in [1.807, 2.05) is 18.2 Å². The van der Waals surface area contributed by atoms with Gasteiger partial charge in [0.05, 0.1) is 35.4 Å². The van der Waals surface area contributed by atoms with Crippen LogP contribution in [-0.2, 0) is 11.4 Å². The molecule has 0 atom stereocenters. The number of carbonyl (C=O) groups is 1. The van der Waals surface area contributed by atoms with Crippen LogP contribution in [0.15, 0.2) is 64.6 Å². The van der Waals surface area contributed by atoms with Crippen LogP contribution in [0.5, 0.6) is 5.75 Å². The van der Waals surface area contributed by atoms with E-state index in [1.165, 1.54) is 6.08 Å². The lowest BCUT2D eigenvalue weighted by molar-refractivity contribution is -0.112. The first kappa shape index (κ1) is 25.1. The highest BCUT2D eigenvalue weighted by atomic mass is 127. The number of amides is 1. The monoisotopic (exact) mass is 651 g/mol. The minimum atomic E-state index is -0.610. The van der Waals surface area contributed by atoms with Crippen molar-refractivity contribution in [2.75, 3.05) is 5.32 Å². The minimum Gasteiger partial charge on any atom is -0.487 e. The highest BCUT2D eigenvalue weighted by molar-refractivity contribution is 14.1. The Bertz CT molecular complexity index is 1320. The first-order chi connectivity index (χ1) is 15.8. The van der Waals surface area contributed by atoms with Crippen LogP contribution >= 0.6 is 61.7 Å². The second kappa shape index (κ2) is 11.5. The molecule has 1 N–H and O–H groups in total. The van der Waals surface area contributed by atoms with Crippen LogP contribution in [0.1, 0.15) is 16.7 Å². The first-order valence-corrected chi connectivity index (χ1v) is 11.9. The number of nitrogens with zero attached hydrogens (tertiary/aromatic N) is 2. The third-order valence-electron chi connectivity index (χ3n) is 4.41. The van der Waals surface area contributed by atoms with Gasteiger partial charge in [-0.15, -0.1) is 0 Å². The van der Waals surface area contributed by atoms with Crippen LogP contribution in [0.25, 0.3) is 6.08 Å². The summed E-state index contributed by atoms with van der Waals surface area (Å²) in [5.74, 6) is -0.0182. The van der Waals surface area contributed by atoms with Gasteiger partial charge in [0.1, 0.15) is 24.0 Å². The van der Waals surface area contributed by atoms with Crippen LogP contribution in [0.4, 0.5) is 5.69 Å². The lowest BCUT2D eigenvalue weighted by Gasteiger charge is -2.12. The summed E-state index contributed by atoms with van der Waals surface area (Å²) in [6.07, 6.45) is 1.47. The van der Waals surface area contributed by atoms with Crippen LogP contribution in [-0.4, -0.2) is 5.91 Å². The van der Waals surface area contributed by atoms with Gasteiger partial charge in [-0.2, -0.15) is 10.5 Å². The van der Waals surface area contributed by atoms with Gasteiger partial charge in [-0.1, -0.05) is 47.5 Å². The number of carbonyl (C=O) groups excluding carboxylic acids is 1. The van der Waals surface area contributed by atoms with E-state index in [2.05, 4.69) is 49.9 Å². The average Bonchev–Trinajstić information content (AvgIpc) is 2.80. The zero-order valence-electron chi connectivity index (χ0n) is 16.7. The van der Waals surface area contributed by atoms with Crippen molar-refractivity contribution in [1.29, 1.82) is 10.5 Å². The molecule has 0 heterocycles. The maximum Gasteiger partial charge on any atom is 0.266 e. The number of anilines is 1. The summed E-state index contributed by atoms with van der Waals surface area (Å²) in [7, 11) is 0. The molecule has 0 spiro atoms. The van der Waals surface area contributed by atoms with Gasteiger partial charge in [-0.3, -0.25) is 4.79 Å². The summed E-state index contributed by atoms with van der Waals surface area (Å²) < 4.78 is 7.34. The quantitative estimate of drug-likeness (QED) is 0.171. The fourth-order valence-corrected chi connectivity index (χ4v) is 4.93. The van der Waals surface area contributed by atoms with E-state index in [0.29, 0.717) is 32.1 Å². The Morgan fingerprint density at radius 3 is 2.61 bits per heavy atom. The number of benzene rings is 3. The fraction of sp³-hybridized carbons (Fsp3) is 0.0417. The smallest absolute Gasteiger partial charge is 0.266 e. The number of nitriles is 2. The molecule has 0 fully saturated rings. The van der Waals surface area contributed by atoms with E-state index in [0.717, 1.165) is 9.13 Å². The molecule has 5 nitrogen and oxygen atoms in total. The van der Waals surface area contributed by atoms with E-state index in [-0.39, 0.29) is 17.2 Å². The number of ether oxygens (including phenoxy) is 1. The highest BCUT2D eigenvalue weighted by Gasteiger charge is 2.15. The van der Waals surface area contributed by atoms with E-state index in [4.69, 9.17) is 27.9 Å². The predicted octanol–water partition coefficient (Wildman–Crippen LogP) is 7.36. The maximum atomic E-state index is 12.6. The van der Waals surface area contributed by atoms with Crippen molar-refractivity contribution in [3.05, 3.63) is 94.9 Å². The van der Waals surface area contributed by atoms with Gasteiger partial charge < -0.3 is 10.1 Å². The molecule has 3 aromatic rings. The Morgan fingerprint density at radius 2 is 1.91 bits per heavy atom. The summed E-state index contributed by atoms with van der Waals surface area (Å²) in [6.45, 7) is 0.222. The molecule has 0 aliphatic carbocycles. The number of hydrogen-bond donors (Lipinski definition) is 1. The Kier molecular flexibility index (Phi) is 8.76. The standard InChI is InChI=1S/C24H13BrCl2IN3O2/c25-18-9-14(8-17(12-30)24(32)31-21-7-3-6-19(26)22(21)27)10-20(28)23(18)33-13-16-5-2-1-4-15(16)11-29/h1-10H,13H2,(H,31,32)/b17-8-. The second-order valence-electron chi connectivity index (χ2n) is 6.60. The molecule has 0 aromatic heterocycles. The van der Waals surface area contributed by atoms with E-state index in [1.54, 1.807) is 42.5 Å². The van der Waals surface area contributed by atoms with Crippen molar-refractivity contribution in [2.24, 2.45) is 0 Å². The fourth-order valence-electron chi connectivity index (χ4n) is 2.81. The Labute approximate surface area is 222 Å². The number of nitrogens with one attached hydrogen (secondary N) is 1. The first-order valence-electron chi connectivity index (χ1n) is 9.31. The summed E-state index contributed by atoms with van der Waals surface area (Å²) in [4.78, 5) is 12.6. The Hall–Kier alpha value is -2.56. The summed E-state index contributed by atoms with van der Waals surface area (Å²) in [5, 5.41) is 21.8. The lowest BCUT2D eigenvalue weighted by Crippen LogP contribution is -2.13. The van der Waals surface area contributed by atoms with Gasteiger partial charge in [-0.05, 0) is 80.5 Å². The molecule has 0 bridgehead atoms. The topological polar surface area (TPSA) is 85.9 Å². The molecule has 1 amide bonds. The van der Waals surface area contributed by atoms with Crippen LogP contribution in [0.3, 0.4) is 0 Å². The highest BCUT2D eigenvalue weighted by Crippen LogP contribution is 2.34. The van der Waals surface area contributed by atoms with E-state index in [9.17, 15) is 15.3 Å². The molecule has 0 radical (unpaired) electrons. The molecule has 33 heavy (non-hydrogen) atoms. The van der Waals surface area contributed by atoms with Crippen LogP contribution in [0.2, 0.25) is 10.0 Å². The van der Waals surface area contributed by atoms with Gasteiger partial charge in [0.25, 0.3) is 5.91 Å². The molecule has 0 saturated heterocycles. The van der Waals surface area contributed by atoms with Gasteiger partial charge >= 0.3 is 0 Å². The predicted molar refractivity (Wildman–Crippen MR) is 141 cm³/mol. The average molecular weight is 653 g/mol. The third-order valence-corrected chi connectivity index (χ3v) is 6.62. The van der Waals surface area contributed by atoms with Crippen molar-refractivity contribution in [3.8, 4) is 17.9 Å². The van der Waals surface area contributed by atoms with Gasteiger partial charge in [0.15, 0.2) is 0 Å². The molecule has 9 heteroatoms.